The van der Waals surface area contributed by atoms with Crippen molar-refractivity contribution in [3.8, 4) is 0 Å². The third-order valence-corrected chi connectivity index (χ3v) is 6.40. The molecule has 1 saturated carbocycles. The highest BCUT2D eigenvalue weighted by Gasteiger charge is 2.32. The highest BCUT2D eigenvalue weighted by atomic mass is 35.5. The lowest BCUT2D eigenvalue weighted by atomic mass is 9.96. The first-order valence-electron chi connectivity index (χ1n) is 10.1. The Morgan fingerprint density at radius 1 is 0.966 bits per heavy atom. The molecule has 0 amide bonds. The van der Waals surface area contributed by atoms with E-state index < -0.39 is 0 Å². The minimum Gasteiger partial charge on any atom is -0.285 e. The van der Waals surface area contributed by atoms with Gasteiger partial charge in [0.05, 0.1) is 12.1 Å². The van der Waals surface area contributed by atoms with Gasteiger partial charge in [-0.15, -0.1) is 17.5 Å². The number of halogens is 2. The minimum absolute atomic E-state index is 0. The molecule has 0 bridgehead atoms. The quantitative estimate of drug-likeness (QED) is 0.584. The zero-order valence-electron chi connectivity index (χ0n) is 16.2. The molecule has 5 rings (SSSR count). The highest BCUT2D eigenvalue weighted by molar-refractivity contribution is 6.30. The maximum Gasteiger partial charge on any atom is 0.173 e. The van der Waals surface area contributed by atoms with Crippen LogP contribution in [-0.4, -0.2) is 31.7 Å². The second kappa shape index (κ2) is 8.82. The van der Waals surface area contributed by atoms with Crippen LogP contribution in [0.4, 0.5) is 0 Å². The Bertz CT molecular complexity index is 950. The SMILES string of the molecule is Cl.Clc1ccc(C(c2nnnn2C2CCCC2)N2CCc3ccccc3C2)cc1. The van der Waals surface area contributed by atoms with Crippen molar-refractivity contribution >= 4 is 24.0 Å². The molecule has 2 aliphatic rings. The van der Waals surface area contributed by atoms with Gasteiger partial charge in [-0.2, -0.15) is 0 Å². The van der Waals surface area contributed by atoms with Crippen LogP contribution in [0.25, 0.3) is 0 Å². The molecule has 1 unspecified atom stereocenters. The van der Waals surface area contributed by atoms with Gasteiger partial charge >= 0.3 is 0 Å². The summed E-state index contributed by atoms with van der Waals surface area (Å²) in [5.74, 6) is 0.952. The van der Waals surface area contributed by atoms with Crippen LogP contribution in [-0.2, 0) is 13.0 Å². The largest absolute Gasteiger partial charge is 0.285 e. The summed E-state index contributed by atoms with van der Waals surface area (Å²) in [7, 11) is 0. The van der Waals surface area contributed by atoms with Gasteiger partial charge in [-0.1, -0.05) is 60.8 Å². The van der Waals surface area contributed by atoms with Crippen LogP contribution in [0, 0.1) is 0 Å². The van der Waals surface area contributed by atoms with E-state index in [0.29, 0.717) is 6.04 Å². The highest BCUT2D eigenvalue weighted by Crippen LogP contribution is 2.36. The summed E-state index contributed by atoms with van der Waals surface area (Å²) in [6.45, 7) is 1.89. The molecule has 5 nitrogen and oxygen atoms in total. The fraction of sp³-hybridized carbons (Fsp3) is 0.409. The Labute approximate surface area is 182 Å². The Morgan fingerprint density at radius 2 is 1.69 bits per heavy atom. The smallest absolute Gasteiger partial charge is 0.173 e. The number of hydrogen-bond donors (Lipinski definition) is 0. The Kier molecular flexibility index (Phi) is 6.18. The number of rotatable bonds is 4. The predicted octanol–water partition coefficient (Wildman–Crippen LogP) is 5.01. The lowest BCUT2D eigenvalue weighted by Crippen LogP contribution is -2.36. The first-order valence-corrected chi connectivity index (χ1v) is 10.5. The zero-order valence-corrected chi connectivity index (χ0v) is 17.8. The summed E-state index contributed by atoms with van der Waals surface area (Å²) in [5.41, 5.74) is 4.04. The average molecular weight is 430 g/mol. The van der Waals surface area contributed by atoms with Crippen LogP contribution in [0.3, 0.4) is 0 Å². The second-order valence-corrected chi connectivity index (χ2v) is 8.30. The molecule has 1 aromatic heterocycles. The third kappa shape index (κ3) is 4.04. The van der Waals surface area contributed by atoms with Crippen molar-refractivity contribution in [2.45, 2.75) is 50.7 Å². The van der Waals surface area contributed by atoms with Gasteiger partial charge in [0, 0.05) is 18.1 Å². The zero-order chi connectivity index (χ0) is 18.9. The van der Waals surface area contributed by atoms with Crippen LogP contribution in [0.15, 0.2) is 48.5 Å². The lowest BCUT2D eigenvalue weighted by Gasteiger charge is -2.35. The molecular formula is C22H25Cl2N5. The molecule has 2 aromatic carbocycles. The van der Waals surface area contributed by atoms with Crippen molar-refractivity contribution < 1.29 is 0 Å². The number of fused-ring (bicyclic) bond motifs is 1. The van der Waals surface area contributed by atoms with Crippen LogP contribution in [0.2, 0.25) is 5.02 Å². The van der Waals surface area contributed by atoms with Gasteiger partial charge in [-0.05, 0) is 58.5 Å². The van der Waals surface area contributed by atoms with E-state index in [1.54, 1.807) is 0 Å². The van der Waals surface area contributed by atoms with E-state index in [9.17, 15) is 0 Å². The number of tetrazole rings is 1. The first kappa shape index (κ1) is 20.3. The summed E-state index contributed by atoms with van der Waals surface area (Å²) < 4.78 is 2.09. The lowest BCUT2D eigenvalue weighted by molar-refractivity contribution is 0.191. The maximum absolute atomic E-state index is 6.17. The van der Waals surface area contributed by atoms with E-state index >= 15 is 0 Å². The third-order valence-electron chi connectivity index (χ3n) is 6.14. The Morgan fingerprint density at radius 3 is 2.45 bits per heavy atom. The molecule has 0 N–H and O–H groups in total. The van der Waals surface area contributed by atoms with Crippen molar-refractivity contribution in [1.82, 2.24) is 25.1 Å². The van der Waals surface area contributed by atoms with Crippen LogP contribution >= 0.6 is 24.0 Å². The van der Waals surface area contributed by atoms with Gasteiger partial charge in [0.15, 0.2) is 5.82 Å². The van der Waals surface area contributed by atoms with Crippen molar-refractivity contribution in [2.24, 2.45) is 0 Å². The molecule has 152 valence electrons. The van der Waals surface area contributed by atoms with E-state index in [2.05, 4.69) is 61.5 Å². The topological polar surface area (TPSA) is 46.8 Å². The maximum atomic E-state index is 6.17. The van der Waals surface area contributed by atoms with Gasteiger partial charge in [0.25, 0.3) is 0 Å². The first-order chi connectivity index (χ1) is 13.8. The van der Waals surface area contributed by atoms with Crippen molar-refractivity contribution in [3.05, 3.63) is 76.1 Å². The van der Waals surface area contributed by atoms with Crippen molar-refractivity contribution in [2.75, 3.05) is 6.54 Å². The van der Waals surface area contributed by atoms with E-state index in [-0.39, 0.29) is 18.4 Å². The molecule has 1 aliphatic carbocycles. The van der Waals surface area contributed by atoms with Gasteiger partial charge in [0.2, 0.25) is 0 Å². The number of aromatic nitrogens is 4. The average Bonchev–Trinajstić information content (AvgIpc) is 3.41. The molecule has 1 atom stereocenters. The fourth-order valence-corrected chi connectivity index (χ4v) is 4.82. The molecular weight excluding hydrogens is 405 g/mol. The van der Waals surface area contributed by atoms with Crippen molar-refractivity contribution in [3.63, 3.8) is 0 Å². The van der Waals surface area contributed by atoms with Crippen LogP contribution in [0.5, 0.6) is 0 Å². The predicted molar refractivity (Wildman–Crippen MR) is 116 cm³/mol. The number of benzene rings is 2. The van der Waals surface area contributed by atoms with E-state index in [1.165, 1.54) is 29.5 Å². The molecule has 0 saturated heterocycles. The minimum atomic E-state index is 0. The molecule has 0 radical (unpaired) electrons. The van der Waals surface area contributed by atoms with E-state index in [0.717, 1.165) is 43.2 Å². The Balaban J connectivity index is 0.00000205. The number of hydrogen-bond acceptors (Lipinski definition) is 4. The van der Waals surface area contributed by atoms with Gasteiger partial charge in [0.1, 0.15) is 0 Å². The molecule has 3 aromatic rings. The standard InChI is InChI=1S/C22H24ClN5.ClH/c23-19-11-9-17(10-12-19)21(22-24-25-26-28(22)20-7-3-4-8-20)27-14-13-16-5-1-2-6-18(16)15-27;/h1-2,5-6,9-12,20-21H,3-4,7-8,13-15H2;1H. The van der Waals surface area contributed by atoms with Crippen LogP contribution in [0.1, 0.15) is 60.3 Å². The summed E-state index contributed by atoms with van der Waals surface area (Å²) >= 11 is 6.17. The number of nitrogens with zero attached hydrogens (tertiary/aromatic N) is 5. The van der Waals surface area contributed by atoms with Gasteiger partial charge in [-0.3, -0.25) is 4.90 Å². The van der Waals surface area contributed by atoms with Gasteiger partial charge in [-0.25, -0.2) is 4.68 Å². The molecule has 1 fully saturated rings. The summed E-state index contributed by atoms with van der Waals surface area (Å²) in [4.78, 5) is 2.50. The summed E-state index contributed by atoms with van der Waals surface area (Å²) in [6, 6.07) is 17.3. The second-order valence-electron chi connectivity index (χ2n) is 7.86. The normalized spacial score (nSPS) is 18.2. The van der Waals surface area contributed by atoms with Crippen molar-refractivity contribution in [1.29, 1.82) is 0 Å². The monoisotopic (exact) mass is 429 g/mol. The fourth-order valence-electron chi connectivity index (χ4n) is 4.70. The molecule has 0 spiro atoms. The molecule has 7 heteroatoms. The van der Waals surface area contributed by atoms with Gasteiger partial charge < -0.3 is 0 Å². The molecule has 1 aliphatic heterocycles. The molecule has 29 heavy (non-hydrogen) atoms. The van der Waals surface area contributed by atoms with E-state index in [4.69, 9.17) is 11.6 Å². The van der Waals surface area contributed by atoms with Crippen LogP contribution < -0.4 is 0 Å². The Hall–Kier alpha value is -1.95. The van der Waals surface area contributed by atoms with E-state index in [1.807, 2.05) is 12.1 Å². The summed E-state index contributed by atoms with van der Waals surface area (Å²) in [5, 5.41) is 13.8. The molecule has 2 heterocycles. The summed E-state index contributed by atoms with van der Waals surface area (Å²) in [6.07, 6.45) is 5.88.